The lowest BCUT2D eigenvalue weighted by molar-refractivity contribution is 0.0739. The maximum Gasteiger partial charge on any atom is 0.254 e. The van der Waals surface area contributed by atoms with E-state index in [0.29, 0.717) is 24.6 Å². The largest absolute Gasteiger partial charge is 0.496 e. The lowest BCUT2D eigenvalue weighted by atomic mass is 10.0. The molecule has 3 unspecified atom stereocenters. The van der Waals surface area contributed by atoms with Crippen LogP contribution >= 0.6 is 11.3 Å². The van der Waals surface area contributed by atoms with E-state index in [1.807, 2.05) is 36.1 Å². The number of hydrogen-bond acceptors (Lipinski definition) is 6. The Labute approximate surface area is 266 Å². The number of thiophene rings is 1. The lowest BCUT2D eigenvalue weighted by Crippen LogP contribution is -2.40. The van der Waals surface area contributed by atoms with Gasteiger partial charge in [0.2, 0.25) is 0 Å². The molecule has 2 amide bonds. The van der Waals surface area contributed by atoms with Gasteiger partial charge in [-0.05, 0) is 92.1 Å². The zero-order valence-corrected chi connectivity index (χ0v) is 26.8. The second-order valence-electron chi connectivity index (χ2n) is 13.1. The number of ether oxygens (including phenoxy) is 1. The molecule has 8 nitrogen and oxygen atoms in total. The normalized spacial score (nSPS) is 21.1. The van der Waals surface area contributed by atoms with Crippen molar-refractivity contribution in [2.75, 3.05) is 13.7 Å². The van der Waals surface area contributed by atoms with E-state index in [9.17, 15) is 9.59 Å². The number of aromatic nitrogens is 2. The van der Waals surface area contributed by atoms with Crippen molar-refractivity contribution in [2.45, 2.75) is 58.8 Å². The molecule has 3 N–H and O–H groups in total. The van der Waals surface area contributed by atoms with Crippen LogP contribution in [-0.4, -0.2) is 52.0 Å². The molecule has 2 aromatic carbocycles. The van der Waals surface area contributed by atoms with Gasteiger partial charge < -0.3 is 25.3 Å². The third-order valence-electron chi connectivity index (χ3n) is 10.1. The number of amides is 2. The highest BCUT2D eigenvalue weighted by Gasteiger charge is 2.37. The minimum atomic E-state index is -0.0263. The molecule has 1 aliphatic carbocycles. The fraction of sp³-hybridized carbons (Fsp3) is 0.361. The fourth-order valence-electron chi connectivity index (χ4n) is 7.20. The Balaban J connectivity index is 1.23. The maximum atomic E-state index is 13.7. The van der Waals surface area contributed by atoms with Crippen LogP contribution in [0.5, 0.6) is 5.75 Å². The van der Waals surface area contributed by atoms with Gasteiger partial charge in [-0.25, -0.2) is 4.98 Å². The third-order valence-corrected chi connectivity index (χ3v) is 11.4. The van der Waals surface area contributed by atoms with Gasteiger partial charge in [-0.1, -0.05) is 13.0 Å². The Kier molecular flexibility index (Phi) is 6.55. The van der Waals surface area contributed by atoms with Crippen LogP contribution in [0.2, 0.25) is 0 Å². The summed E-state index contributed by atoms with van der Waals surface area (Å²) in [5.74, 6) is 1.61. The third kappa shape index (κ3) is 4.55. The summed E-state index contributed by atoms with van der Waals surface area (Å²) in [5, 5.41) is 5.05. The predicted molar refractivity (Wildman–Crippen MR) is 179 cm³/mol. The van der Waals surface area contributed by atoms with Gasteiger partial charge in [-0.3, -0.25) is 9.59 Å². The van der Waals surface area contributed by atoms with Gasteiger partial charge in [0, 0.05) is 63.9 Å². The molecule has 0 spiro atoms. The van der Waals surface area contributed by atoms with Crippen LogP contribution in [0.3, 0.4) is 0 Å². The SMILES string of the molecule is COc1cc(C(=O)N2CC(C)C(N)C2C)cc2sc(-c3cc4ccc(-c5ccc6c(c5)CNC6=O)nc4n3CC3CC3)c(C)c12. The van der Waals surface area contributed by atoms with Crippen molar-refractivity contribution in [2.24, 2.45) is 17.6 Å². The minimum absolute atomic E-state index is 0.00128. The Morgan fingerprint density at radius 2 is 1.96 bits per heavy atom. The number of carbonyl (C=O) groups is 2. The molecule has 3 aliphatic rings. The van der Waals surface area contributed by atoms with Gasteiger partial charge in [0.25, 0.3) is 11.8 Å². The predicted octanol–water partition coefficient (Wildman–Crippen LogP) is 6.36. The quantitative estimate of drug-likeness (QED) is 0.230. The molecule has 0 bridgehead atoms. The van der Waals surface area contributed by atoms with Crippen molar-refractivity contribution in [3.63, 3.8) is 0 Å². The van der Waals surface area contributed by atoms with Crippen LogP contribution in [0.4, 0.5) is 0 Å². The standard InChI is InChI=1S/C36H37N5O3S/c1-18-16-40(20(3)32(18)37)36(43)24-13-29(44-4)31-19(2)33(45-30(31)14-24)28-12-23-8-10-27(39-34(23)41(28)17-21-5-6-21)22-7-9-26-25(11-22)15-38-35(26)42/h7-14,18,20-21,32H,5-6,15-17,37H2,1-4H3,(H,38,42). The van der Waals surface area contributed by atoms with Crippen LogP contribution < -0.4 is 15.8 Å². The summed E-state index contributed by atoms with van der Waals surface area (Å²) in [5.41, 5.74) is 13.9. The first kappa shape index (κ1) is 28.3. The number of rotatable bonds is 6. The van der Waals surface area contributed by atoms with Crippen LogP contribution in [0, 0.1) is 18.8 Å². The zero-order chi connectivity index (χ0) is 31.1. The van der Waals surface area contributed by atoms with Gasteiger partial charge in [-0.15, -0.1) is 11.3 Å². The summed E-state index contributed by atoms with van der Waals surface area (Å²) in [6.45, 7) is 8.43. The molecule has 3 aromatic heterocycles. The first-order chi connectivity index (χ1) is 21.7. The number of pyridine rings is 1. The molecule has 9 heteroatoms. The minimum Gasteiger partial charge on any atom is -0.496 e. The molecular formula is C36H37N5O3S. The first-order valence-electron chi connectivity index (χ1n) is 15.8. The van der Waals surface area contributed by atoms with Crippen LogP contribution in [0.25, 0.3) is 42.9 Å². The van der Waals surface area contributed by atoms with Crippen LogP contribution in [0.1, 0.15) is 58.5 Å². The molecule has 2 fully saturated rings. The molecular weight excluding hydrogens is 582 g/mol. The zero-order valence-electron chi connectivity index (χ0n) is 26.0. The Hall–Kier alpha value is -4.21. The summed E-state index contributed by atoms with van der Waals surface area (Å²) < 4.78 is 9.34. The number of likely N-dealkylation sites (tertiary alicyclic amines) is 1. The molecule has 230 valence electrons. The van der Waals surface area contributed by atoms with Crippen molar-refractivity contribution < 1.29 is 14.3 Å². The number of carbonyl (C=O) groups excluding carboxylic acids is 2. The van der Waals surface area contributed by atoms with Crippen LogP contribution in [-0.2, 0) is 13.1 Å². The Morgan fingerprint density at radius 3 is 2.69 bits per heavy atom. The molecule has 5 aromatic rings. The number of methoxy groups -OCH3 is 1. The topological polar surface area (TPSA) is 102 Å². The molecule has 3 atom stereocenters. The Bertz CT molecular complexity index is 2040. The number of fused-ring (bicyclic) bond motifs is 3. The number of benzene rings is 2. The van der Waals surface area contributed by atoms with E-state index in [-0.39, 0.29) is 29.8 Å². The Morgan fingerprint density at radius 1 is 1.13 bits per heavy atom. The number of aryl methyl sites for hydroxylation is 1. The van der Waals surface area contributed by atoms with E-state index in [1.165, 1.54) is 17.7 Å². The highest BCUT2D eigenvalue weighted by atomic mass is 32.1. The monoisotopic (exact) mass is 619 g/mol. The van der Waals surface area contributed by atoms with E-state index in [4.69, 9.17) is 15.5 Å². The summed E-state index contributed by atoms with van der Waals surface area (Å²) in [6, 6.07) is 16.3. The summed E-state index contributed by atoms with van der Waals surface area (Å²) >= 11 is 1.71. The molecule has 8 rings (SSSR count). The molecule has 45 heavy (non-hydrogen) atoms. The van der Waals surface area contributed by atoms with Crippen molar-refractivity contribution in [3.05, 3.63) is 70.8 Å². The summed E-state index contributed by atoms with van der Waals surface area (Å²) in [6.07, 6.45) is 2.46. The van der Waals surface area contributed by atoms with E-state index >= 15 is 0 Å². The first-order valence-corrected chi connectivity index (χ1v) is 16.6. The van der Waals surface area contributed by atoms with E-state index < -0.39 is 0 Å². The second-order valence-corrected chi connectivity index (χ2v) is 14.2. The van der Waals surface area contributed by atoms with Gasteiger partial charge in [-0.2, -0.15) is 0 Å². The van der Waals surface area contributed by atoms with Crippen molar-refractivity contribution in [1.82, 2.24) is 19.8 Å². The molecule has 0 radical (unpaired) electrons. The van der Waals surface area contributed by atoms with E-state index in [1.54, 1.807) is 18.4 Å². The molecule has 1 saturated carbocycles. The van der Waals surface area contributed by atoms with Gasteiger partial charge in [0.1, 0.15) is 11.4 Å². The van der Waals surface area contributed by atoms with E-state index in [2.05, 4.69) is 48.0 Å². The van der Waals surface area contributed by atoms with Crippen molar-refractivity contribution in [3.8, 4) is 27.6 Å². The molecule has 2 aliphatic heterocycles. The molecule has 5 heterocycles. The number of hydrogen-bond donors (Lipinski definition) is 2. The summed E-state index contributed by atoms with van der Waals surface area (Å²) in [4.78, 5) is 34.1. The fourth-order valence-corrected chi connectivity index (χ4v) is 8.49. The maximum absolute atomic E-state index is 13.7. The number of nitrogens with two attached hydrogens (primary N) is 1. The van der Waals surface area contributed by atoms with Crippen molar-refractivity contribution >= 4 is 44.3 Å². The van der Waals surface area contributed by atoms with Gasteiger partial charge in [0.15, 0.2) is 0 Å². The average molecular weight is 620 g/mol. The second kappa shape index (κ2) is 10.4. The van der Waals surface area contributed by atoms with Crippen molar-refractivity contribution in [1.29, 1.82) is 0 Å². The van der Waals surface area contributed by atoms with E-state index in [0.717, 1.165) is 67.1 Å². The van der Waals surface area contributed by atoms with Gasteiger partial charge in [0.05, 0.1) is 23.4 Å². The lowest BCUT2D eigenvalue weighted by Gasteiger charge is -2.23. The van der Waals surface area contributed by atoms with Crippen LogP contribution in [0.15, 0.2) is 48.5 Å². The van der Waals surface area contributed by atoms with Gasteiger partial charge >= 0.3 is 0 Å². The number of nitrogens with one attached hydrogen (secondary N) is 1. The number of nitrogens with zero attached hydrogens (tertiary/aromatic N) is 3. The average Bonchev–Trinajstić information content (AvgIpc) is 3.46. The molecule has 1 saturated heterocycles. The highest BCUT2D eigenvalue weighted by Crippen LogP contribution is 2.45. The smallest absolute Gasteiger partial charge is 0.254 e. The summed E-state index contributed by atoms with van der Waals surface area (Å²) in [7, 11) is 1.68. The highest BCUT2D eigenvalue weighted by molar-refractivity contribution is 7.22.